The fraction of sp³-hybridized carbons (Fsp3) is 0.476. The molecule has 2 aromatic rings. The van der Waals surface area contributed by atoms with Gasteiger partial charge in [0.2, 0.25) is 0 Å². The highest BCUT2D eigenvalue weighted by Crippen LogP contribution is 2.27. The number of piperazine rings is 1. The number of thiophene rings is 1. The van der Waals surface area contributed by atoms with Crippen LogP contribution in [0.1, 0.15) is 9.67 Å². The maximum Gasteiger partial charge on any atom is 0.261 e. The van der Waals surface area contributed by atoms with Crippen molar-refractivity contribution in [3.63, 3.8) is 0 Å². The Kier molecular flexibility index (Phi) is 6.46. The summed E-state index contributed by atoms with van der Waals surface area (Å²) in [6.07, 6.45) is -1.78. The maximum absolute atomic E-state index is 12.3. The minimum absolute atomic E-state index is 0.141. The molecule has 0 aliphatic carbocycles. The molecule has 1 amide bonds. The zero-order valence-electron chi connectivity index (χ0n) is 16.2. The van der Waals surface area contributed by atoms with E-state index in [1.807, 2.05) is 29.6 Å². The summed E-state index contributed by atoms with van der Waals surface area (Å²) in [5, 5.41) is 25.1. The third-order valence-electron chi connectivity index (χ3n) is 5.71. The van der Waals surface area contributed by atoms with E-state index in [1.54, 1.807) is 6.07 Å². The molecule has 7 nitrogen and oxygen atoms in total. The largest absolute Gasteiger partial charge is 0.394 e. The molecule has 2 saturated heterocycles. The van der Waals surface area contributed by atoms with Crippen molar-refractivity contribution in [1.29, 1.82) is 0 Å². The second-order valence-corrected chi connectivity index (χ2v) is 8.37. The summed E-state index contributed by atoms with van der Waals surface area (Å²) in [4.78, 5) is 17.5. The Balaban J connectivity index is 1.39. The van der Waals surface area contributed by atoms with Crippen LogP contribution in [-0.2, 0) is 4.74 Å². The number of hydrogen-bond acceptors (Lipinski definition) is 7. The molecule has 0 radical (unpaired) electrons. The smallest absolute Gasteiger partial charge is 0.261 e. The summed E-state index contributed by atoms with van der Waals surface area (Å²) < 4.78 is 5.90. The van der Waals surface area contributed by atoms with E-state index in [9.17, 15) is 15.0 Å². The Morgan fingerprint density at radius 1 is 1.10 bits per heavy atom. The summed E-state index contributed by atoms with van der Waals surface area (Å²) in [6, 6.07) is 13.7. The predicted octanol–water partition coefficient (Wildman–Crippen LogP) is 0.789. The van der Waals surface area contributed by atoms with Gasteiger partial charge in [-0.2, -0.15) is 0 Å². The van der Waals surface area contributed by atoms with Crippen LogP contribution in [0, 0.1) is 0 Å². The Bertz CT molecular complexity index is 780. The molecule has 4 atom stereocenters. The first-order chi connectivity index (χ1) is 14.2. The van der Waals surface area contributed by atoms with E-state index in [2.05, 4.69) is 27.2 Å². The molecular formula is C21H27N3O4S. The molecule has 0 saturated carbocycles. The molecule has 3 heterocycles. The molecule has 2 aliphatic heterocycles. The van der Waals surface area contributed by atoms with Gasteiger partial charge in [-0.15, -0.1) is 11.3 Å². The van der Waals surface area contributed by atoms with E-state index >= 15 is 0 Å². The molecule has 4 rings (SSSR count). The highest BCUT2D eigenvalue weighted by Gasteiger charge is 2.46. The molecule has 0 bridgehead atoms. The molecule has 2 aliphatic rings. The highest BCUT2D eigenvalue weighted by atomic mass is 32.1. The summed E-state index contributed by atoms with van der Waals surface area (Å²) >= 11 is 1.39. The summed E-state index contributed by atoms with van der Waals surface area (Å²) in [6.45, 7) is 3.34. The molecule has 0 spiro atoms. The van der Waals surface area contributed by atoms with Crippen LogP contribution >= 0.6 is 11.3 Å². The lowest BCUT2D eigenvalue weighted by molar-refractivity contribution is -0.0209. The number of nitrogens with zero attached hydrogens (tertiary/aromatic N) is 2. The quantitative estimate of drug-likeness (QED) is 0.645. The van der Waals surface area contributed by atoms with Crippen LogP contribution in [0.2, 0.25) is 0 Å². The average molecular weight is 418 g/mol. The van der Waals surface area contributed by atoms with Crippen molar-refractivity contribution in [1.82, 2.24) is 10.2 Å². The van der Waals surface area contributed by atoms with Crippen molar-refractivity contribution >= 4 is 22.9 Å². The third kappa shape index (κ3) is 4.46. The Morgan fingerprint density at radius 3 is 2.52 bits per heavy atom. The Labute approximate surface area is 174 Å². The monoisotopic (exact) mass is 417 g/mol. The van der Waals surface area contributed by atoms with Crippen LogP contribution < -0.4 is 10.2 Å². The first-order valence-corrected chi connectivity index (χ1v) is 10.9. The topological polar surface area (TPSA) is 85.3 Å². The van der Waals surface area contributed by atoms with Crippen LogP contribution in [0.5, 0.6) is 0 Å². The number of anilines is 1. The van der Waals surface area contributed by atoms with Crippen LogP contribution in [0.4, 0.5) is 5.69 Å². The number of ether oxygens (including phenoxy) is 1. The predicted molar refractivity (Wildman–Crippen MR) is 112 cm³/mol. The molecule has 156 valence electrons. The number of nitrogens with one attached hydrogen (secondary N) is 1. The number of aliphatic hydroxyl groups excluding tert-OH is 2. The molecule has 29 heavy (non-hydrogen) atoms. The van der Waals surface area contributed by atoms with Crippen LogP contribution in [-0.4, -0.2) is 84.7 Å². The van der Waals surface area contributed by atoms with Gasteiger partial charge in [-0.3, -0.25) is 9.69 Å². The fourth-order valence-electron chi connectivity index (χ4n) is 4.20. The molecule has 3 N–H and O–H groups in total. The van der Waals surface area contributed by atoms with E-state index in [4.69, 9.17) is 4.74 Å². The maximum atomic E-state index is 12.3. The molecule has 8 heteroatoms. The molecule has 1 aromatic carbocycles. The molecule has 1 aromatic heterocycles. The van der Waals surface area contributed by atoms with Crippen LogP contribution in [0.15, 0.2) is 47.8 Å². The SMILES string of the molecule is O=C(NCC1OC(CO)C(O)C1N1CCN(c2ccccc2)CC1)c1cccs1. The fourth-order valence-corrected chi connectivity index (χ4v) is 4.84. The zero-order chi connectivity index (χ0) is 20.2. The number of para-hydroxylation sites is 1. The van der Waals surface area contributed by atoms with Crippen molar-refractivity contribution in [3.8, 4) is 0 Å². The van der Waals surface area contributed by atoms with Gasteiger partial charge in [-0.25, -0.2) is 0 Å². The first-order valence-electron chi connectivity index (χ1n) is 9.97. The molecular weight excluding hydrogens is 390 g/mol. The average Bonchev–Trinajstić information content (AvgIpc) is 3.41. The van der Waals surface area contributed by atoms with E-state index in [0.717, 1.165) is 26.2 Å². The Hall–Kier alpha value is -1.97. The minimum Gasteiger partial charge on any atom is -0.394 e. The van der Waals surface area contributed by atoms with Gasteiger partial charge in [0, 0.05) is 38.4 Å². The van der Waals surface area contributed by atoms with Gasteiger partial charge in [0.25, 0.3) is 5.91 Å². The number of aliphatic hydroxyl groups is 2. The van der Waals surface area contributed by atoms with Crippen LogP contribution in [0.25, 0.3) is 0 Å². The second kappa shape index (κ2) is 9.23. The Morgan fingerprint density at radius 2 is 1.86 bits per heavy atom. The van der Waals surface area contributed by atoms with Gasteiger partial charge >= 0.3 is 0 Å². The standard InChI is InChI=1S/C21H27N3O4S/c25-14-17-20(26)19(16(28-17)13-22-21(27)18-7-4-12-29-18)24-10-8-23(9-11-24)15-5-2-1-3-6-15/h1-7,12,16-17,19-20,25-26H,8-11,13-14H2,(H,22,27). The number of hydrogen-bond donors (Lipinski definition) is 3. The lowest BCUT2D eigenvalue weighted by Gasteiger charge is -2.41. The molecule has 4 unspecified atom stereocenters. The lowest BCUT2D eigenvalue weighted by Crippen LogP contribution is -2.57. The van der Waals surface area contributed by atoms with E-state index < -0.39 is 12.2 Å². The number of carbonyl (C=O) groups excluding carboxylic acids is 1. The molecule has 2 fully saturated rings. The van der Waals surface area contributed by atoms with Crippen molar-refractivity contribution in [2.45, 2.75) is 24.4 Å². The van der Waals surface area contributed by atoms with Gasteiger partial charge in [-0.05, 0) is 23.6 Å². The van der Waals surface area contributed by atoms with Crippen LogP contribution in [0.3, 0.4) is 0 Å². The number of carbonyl (C=O) groups is 1. The lowest BCUT2D eigenvalue weighted by atomic mass is 10.0. The van der Waals surface area contributed by atoms with Gasteiger partial charge in [-0.1, -0.05) is 24.3 Å². The normalized spacial score (nSPS) is 27.9. The number of rotatable bonds is 6. The summed E-state index contributed by atoms with van der Waals surface area (Å²) in [5.74, 6) is -0.141. The van der Waals surface area contributed by atoms with Gasteiger partial charge in [0.1, 0.15) is 12.2 Å². The number of amides is 1. The zero-order valence-corrected chi connectivity index (χ0v) is 17.0. The first kappa shape index (κ1) is 20.3. The van der Waals surface area contributed by atoms with Crippen molar-refractivity contribution in [2.75, 3.05) is 44.2 Å². The van der Waals surface area contributed by atoms with Crippen molar-refractivity contribution in [2.24, 2.45) is 0 Å². The van der Waals surface area contributed by atoms with E-state index in [1.165, 1.54) is 17.0 Å². The minimum atomic E-state index is -0.785. The van der Waals surface area contributed by atoms with Crippen molar-refractivity contribution < 1.29 is 19.7 Å². The summed E-state index contributed by atoms with van der Waals surface area (Å²) in [7, 11) is 0. The van der Waals surface area contributed by atoms with Gasteiger partial charge in [0.05, 0.1) is 23.6 Å². The highest BCUT2D eigenvalue weighted by molar-refractivity contribution is 7.12. The summed E-state index contributed by atoms with van der Waals surface area (Å²) in [5.41, 5.74) is 1.20. The second-order valence-electron chi connectivity index (χ2n) is 7.42. The third-order valence-corrected chi connectivity index (χ3v) is 6.58. The van der Waals surface area contributed by atoms with E-state index in [-0.39, 0.29) is 24.7 Å². The van der Waals surface area contributed by atoms with Gasteiger partial charge in [0.15, 0.2) is 0 Å². The van der Waals surface area contributed by atoms with Gasteiger partial charge < -0.3 is 25.2 Å². The number of benzene rings is 1. The van der Waals surface area contributed by atoms with E-state index in [0.29, 0.717) is 11.4 Å². The van der Waals surface area contributed by atoms with Crippen molar-refractivity contribution in [3.05, 3.63) is 52.7 Å².